The maximum absolute atomic E-state index is 4.19. The Morgan fingerprint density at radius 3 is 2.83 bits per heavy atom. The third-order valence-corrected chi connectivity index (χ3v) is 3.24. The Balaban J connectivity index is 1.89. The van der Waals surface area contributed by atoms with E-state index in [9.17, 15) is 0 Å². The highest BCUT2D eigenvalue weighted by atomic mass is 15.3. The van der Waals surface area contributed by atoms with Crippen molar-refractivity contribution >= 4 is 0 Å². The molecule has 3 heteroatoms. The number of aromatic nitrogens is 2. The summed E-state index contributed by atoms with van der Waals surface area (Å²) < 4.78 is 1.95. The van der Waals surface area contributed by atoms with Gasteiger partial charge in [-0.2, -0.15) is 5.10 Å². The number of aryl methyl sites for hydroxylation is 2. The molecule has 3 nitrogen and oxygen atoms in total. The molecule has 0 aliphatic rings. The van der Waals surface area contributed by atoms with Gasteiger partial charge in [0.25, 0.3) is 0 Å². The molecule has 1 atom stereocenters. The summed E-state index contributed by atoms with van der Waals surface area (Å²) in [5.41, 5.74) is 4.05. The van der Waals surface area contributed by atoms with Gasteiger partial charge in [0.1, 0.15) is 0 Å². The zero-order chi connectivity index (χ0) is 13.0. The molecular formula is C15H21N3. The van der Waals surface area contributed by atoms with Crippen LogP contribution in [0.3, 0.4) is 0 Å². The fourth-order valence-electron chi connectivity index (χ4n) is 2.25. The van der Waals surface area contributed by atoms with E-state index in [1.165, 1.54) is 16.7 Å². The molecule has 1 aromatic carbocycles. The normalized spacial score (nSPS) is 12.6. The van der Waals surface area contributed by atoms with Gasteiger partial charge in [-0.15, -0.1) is 0 Å². The molecule has 2 aromatic rings. The Morgan fingerprint density at radius 2 is 2.17 bits per heavy atom. The van der Waals surface area contributed by atoms with Crippen LogP contribution >= 0.6 is 0 Å². The highest BCUT2D eigenvalue weighted by molar-refractivity contribution is 5.32. The Bertz CT molecular complexity index is 488. The van der Waals surface area contributed by atoms with E-state index in [1.54, 1.807) is 0 Å². The van der Waals surface area contributed by atoms with Gasteiger partial charge in [-0.05, 0) is 38.0 Å². The van der Waals surface area contributed by atoms with Gasteiger partial charge in [-0.3, -0.25) is 4.68 Å². The standard InChI is InChI=1S/C15H21N3/c1-12-5-6-15(13(2)11-12)14(3)16-8-10-18-9-4-7-17-18/h4-7,9,11,14,16H,8,10H2,1-3H3. The molecule has 0 saturated heterocycles. The number of benzene rings is 1. The predicted molar refractivity (Wildman–Crippen MR) is 74.6 cm³/mol. The van der Waals surface area contributed by atoms with Gasteiger partial charge in [0.15, 0.2) is 0 Å². The van der Waals surface area contributed by atoms with E-state index < -0.39 is 0 Å². The fraction of sp³-hybridized carbons (Fsp3) is 0.400. The molecule has 1 heterocycles. The highest BCUT2D eigenvalue weighted by Crippen LogP contribution is 2.18. The van der Waals surface area contributed by atoms with E-state index in [0.717, 1.165) is 13.1 Å². The van der Waals surface area contributed by atoms with Crippen LogP contribution in [0.15, 0.2) is 36.7 Å². The lowest BCUT2D eigenvalue weighted by Crippen LogP contribution is -2.24. The van der Waals surface area contributed by atoms with Crippen molar-refractivity contribution in [3.63, 3.8) is 0 Å². The molecule has 2 rings (SSSR count). The lowest BCUT2D eigenvalue weighted by Gasteiger charge is -2.17. The second kappa shape index (κ2) is 5.83. The first-order valence-corrected chi connectivity index (χ1v) is 6.45. The number of rotatable bonds is 5. The Labute approximate surface area is 109 Å². The Hall–Kier alpha value is -1.61. The molecule has 0 saturated carbocycles. The molecule has 96 valence electrons. The van der Waals surface area contributed by atoms with Gasteiger partial charge in [-0.1, -0.05) is 23.8 Å². The third kappa shape index (κ3) is 3.20. The van der Waals surface area contributed by atoms with Crippen LogP contribution in [-0.4, -0.2) is 16.3 Å². The van der Waals surface area contributed by atoms with E-state index >= 15 is 0 Å². The minimum absolute atomic E-state index is 0.376. The number of hydrogen-bond donors (Lipinski definition) is 1. The average molecular weight is 243 g/mol. The van der Waals surface area contributed by atoms with Crippen molar-refractivity contribution in [2.45, 2.75) is 33.4 Å². The van der Waals surface area contributed by atoms with Gasteiger partial charge < -0.3 is 5.32 Å². The van der Waals surface area contributed by atoms with Crippen molar-refractivity contribution in [1.29, 1.82) is 0 Å². The molecule has 0 bridgehead atoms. The van der Waals surface area contributed by atoms with Crippen molar-refractivity contribution in [3.8, 4) is 0 Å². The monoisotopic (exact) mass is 243 g/mol. The maximum Gasteiger partial charge on any atom is 0.0534 e. The first-order valence-electron chi connectivity index (χ1n) is 6.45. The summed E-state index contributed by atoms with van der Waals surface area (Å²) in [6, 6.07) is 8.96. The second-order valence-electron chi connectivity index (χ2n) is 4.80. The largest absolute Gasteiger partial charge is 0.308 e. The Morgan fingerprint density at radius 1 is 1.33 bits per heavy atom. The van der Waals surface area contributed by atoms with Crippen molar-refractivity contribution < 1.29 is 0 Å². The van der Waals surface area contributed by atoms with Gasteiger partial charge in [0.2, 0.25) is 0 Å². The fourth-order valence-corrected chi connectivity index (χ4v) is 2.25. The smallest absolute Gasteiger partial charge is 0.0534 e. The quantitative estimate of drug-likeness (QED) is 0.875. The lowest BCUT2D eigenvalue weighted by molar-refractivity contribution is 0.506. The summed E-state index contributed by atoms with van der Waals surface area (Å²) in [6.07, 6.45) is 3.80. The van der Waals surface area contributed by atoms with E-state index in [4.69, 9.17) is 0 Å². The van der Waals surface area contributed by atoms with E-state index in [1.807, 2.05) is 23.1 Å². The summed E-state index contributed by atoms with van der Waals surface area (Å²) in [6.45, 7) is 8.35. The SMILES string of the molecule is Cc1ccc(C(C)NCCn2cccn2)c(C)c1. The summed E-state index contributed by atoms with van der Waals surface area (Å²) in [7, 11) is 0. The lowest BCUT2D eigenvalue weighted by atomic mass is 10.0. The summed E-state index contributed by atoms with van der Waals surface area (Å²) >= 11 is 0. The van der Waals surface area contributed by atoms with Crippen LogP contribution in [-0.2, 0) is 6.54 Å². The van der Waals surface area contributed by atoms with Gasteiger partial charge in [-0.25, -0.2) is 0 Å². The molecule has 0 amide bonds. The molecule has 0 radical (unpaired) electrons. The molecule has 0 fully saturated rings. The minimum Gasteiger partial charge on any atom is -0.308 e. The van der Waals surface area contributed by atoms with Crippen LogP contribution in [0.5, 0.6) is 0 Å². The maximum atomic E-state index is 4.19. The van der Waals surface area contributed by atoms with E-state index in [2.05, 4.69) is 49.4 Å². The number of hydrogen-bond acceptors (Lipinski definition) is 2. The van der Waals surface area contributed by atoms with Crippen LogP contribution < -0.4 is 5.32 Å². The van der Waals surface area contributed by atoms with Crippen molar-refractivity contribution in [2.24, 2.45) is 0 Å². The Kier molecular flexibility index (Phi) is 4.15. The first kappa shape index (κ1) is 12.8. The molecule has 18 heavy (non-hydrogen) atoms. The molecule has 1 unspecified atom stereocenters. The molecule has 0 aliphatic heterocycles. The minimum atomic E-state index is 0.376. The molecule has 0 aliphatic carbocycles. The topological polar surface area (TPSA) is 29.9 Å². The van der Waals surface area contributed by atoms with Gasteiger partial charge >= 0.3 is 0 Å². The number of nitrogens with zero attached hydrogens (tertiary/aromatic N) is 2. The van der Waals surface area contributed by atoms with Crippen molar-refractivity contribution in [1.82, 2.24) is 15.1 Å². The van der Waals surface area contributed by atoms with Crippen LogP contribution in [0.1, 0.15) is 29.7 Å². The van der Waals surface area contributed by atoms with Gasteiger partial charge in [0.05, 0.1) is 6.54 Å². The van der Waals surface area contributed by atoms with Crippen LogP contribution in [0.4, 0.5) is 0 Å². The second-order valence-corrected chi connectivity index (χ2v) is 4.80. The van der Waals surface area contributed by atoms with Crippen LogP contribution in [0.2, 0.25) is 0 Å². The third-order valence-electron chi connectivity index (χ3n) is 3.24. The van der Waals surface area contributed by atoms with Crippen molar-refractivity contribution in [2.75, 3.05) is 6.54 Å². The zero-order valence-corrected chi connectivity index (χ0v) is 11.4. The molecular weight excluding hydrogens is 222 g/mol. The van der Waals surface area contributed by atoms with Crippen LogP contribution in [0.25, 0.3) is 0 Å². The highest BCUT2D eigenvalue weighted by Gasteiger charge is 2.07. The summed E-state index contributed by atoms with van der Waals surface area (Å²) in [5, 5.41) is 7.73. The van der Waals surface area contributed by atoms with Gasteiger partial charge in [0, 0.05) is 25.0 Å². The number of nitrogens with one attached hydrogen (secondary N) is 1. The van der Waals surface area contributed by atoms with Crippen LogP contribution in [0, 0.1) is 13.8 Å². The van der Waals surface area contributed by atoms with Crippen molar-refractivity contribution in [3.05, 3.63) is 53.3 Å². The predicted octanol–water partition coefficient (Wildman–Crippen LogP) is 2.85. The molecule has 1 N–H and O–H groups in total. The average Bonchev–Trinajstić information content (AvgIpc) is 2.81. The van der Waals surface area contributed by atoms with E-state index in [-0.39, 0.29) is 0 Å². The van der Waals surface area contributed by atoms with E-state index in [0.29, 0.717) is 6.04 Å². The summed E-state index contributed by atoms with van der Waals surface area (Å²) in [5.74, 6) is 0. The molecule has 0 spiro atoms. The first-order chi connectivity index (χ1) is 8.66. The molecule has 1 aromatic heterocycles. The zero-order valence-electron chi connectivity index (χ0n) is 11.4. The summed E-state index contributed by atoms with van der Waals surface area (Å²) in [4.78, 5) is 0.